The molecule has 4 heteroatoms. The van der Waals surface area contributed by atoms with Gasteiger partial charge in [-0.1, -0.05) is 13.0 Å². The van der Waals surface area contributed by atoms with Gasteiger partial charge in [-0.05, 0) is 25.5 Å². The van der Waals surface area contributed by atoms with Crippen LogP contribution < -0.4 is 0 Å². The normalized spacial score (nSPS) is 29.2. The quantitative estimate of drug-likeness (QED) is 0.759. The minimum absolute atomic E-state index is 0.646. The van der Waals surface area contributed by atoms with Crippen LogP contribution in [0.4, 0.5) is 0 Å². The highest BCUT2D eigenvalue weighted by atomic mass is 16.5. The van der Waals surface area contributed by atoms with Crippen molar-refractivity contribution in [2.45, 2.75) is 13.3 Å². The van der Waals surface area contributed by atoms with E-state index in [4.69, 9.17) is 4.74 Å². The molecule has 0 amide bonds. The highest BCUT2D eigenvalue weighted by molar-refractivity contribution is 5.28. The summed E-state index contributed by atoms with van der Waals surface area (Å²) in [5.41, 5.74) is 2.95. The number of piperazine rings is 1. The zero-order chi connectivity index (χ0) is 13.9. The van der Waals surface area contributed by atoms with E-state index in [1.165, 1.54) is 44.0 Å². The highest BCUT2D eigenvalue weighted by Gasteiger charge is 2.23. The minimum atomic E-state index is 0.646. The lowest BCUT2D eigenvalue weighted by atomic mass is 9.96. The van der Waals surface area contributed by atoms with Crippen molar-refractivity contribution in [3.63, 3.8) is 0 Å². The van der Waals surface area contributed by atoms with Gasteiger partial charge in [-0.25, -0.2) is 0 Å². The summed E-state index contributed by atoms with van der Waals surface area (Å²) in [6.45, 7) is 10.8. The number of hydrogen-bond donors (Lipinski definition) is 0. The zero-order valence-electron chi connectivity index (χ0n) is 12.8. The van der Waals surface area contributed by atoms with Crippen LogP contribution in [0.3, 0.4) is 0 Å². The van der Waals surface area contributed by atoms with E-state index in [0.29, 0.717) is 5.92 Å². The molecule has 0 aromatic carbocycles. The number of hydrogen-bond acceptors (Lipinski definition) is 4. The van der Waals surface area contributed by atoms with Crippen molar-refractivity contribution in [3.8, 4) is 0 Å². The number of rotatable bonds is 2. The Morgan fingerprint density at radius 2 is 1.70 bits per heavy atom. The van der Waals surface area contributed by atoms with Crippen LogP contribution in [-0.4, -0.2) is 74.2 Å². The molecule has 0 spiro atoms. The van der Waals surface area contributed by atoms with Gasteiger partial charge in [0.25, 0.3) is 0 Å². The van der Waals surface area contributed by atoms with Crippen LogP contribution in [0.5, 0.6) is 0 Å². The van der Waals surface area contributed by atoms with Gasteiger partial charge in [0, 0.05) is 50.7 Å². The van der Waals surface area contributed by atoms with Crippen molar-refractivity contribution in [1.29, 1.82) is 0 Å². The molecule has 0 radical (unpaired) electrons. The molecule has 20 heavy (non-hydrogen) atoms. The fourth-order valence-electron chi connectivity index (χ4n) is 3.29. The van der Waals surface area contributed by atoms with Crippen molar-refractivity contribution in [2.75, 3.05) is 59.5 Å². The lowest BCUT2D eigenvalue weighted by Gasteiger charge is -2.39. The van der Waals surface area contributed by atoms with Crippen LogP contribution in [0.2, 0.25) is 0 Å². The Hall–Kier alpha value is -1.00. The molecule has 112 valence electrons. The van der Waals surface area contributed by atoms with Crippen LogP contribution >= 0.6 is 0 Å². The first-order valence-corrected chi connectivity index (χ1v) is 7.91. The lowest BCUT2D eigenvalue weighted by molar-refractivity contribution is 0.0545. The van der Waals surface area contributed by atoms with E-state index in [-0.39, 0.29) is 0 Å². The summed E-state index contributed by atoms with van der Waals surface area (Å²) in [7, 11) is 2.22. The third-order valence-corrected chi connectivity index (χ3v) is 4.59. The SMILES string of the molecule is CC1C=C(N2CCOCC2)C=C(N2CCN(C)CC2)C1. The van der Waals surface area contributed by atoms with Gasteiger partial charge in [0.15, 0.2) is 0 Å². The maximum absolute atomic E-state index is 5.47. The Balaban J connectivity index is 1.70. The van der Waals surface area contributed by atoms with E-state index in [1.54, 1.807) is 0 Å². The van der Waals surface area contributed by atoms with Crippen LogP contribution in [0.25, 0.3) is 0 Å². The Bertz CT molecular complexity index is 391. The molecule has 3 aliphatic rings. The van der Waals surface area contributed by atoms with E-state index in [9.17, 15) is 0 Å². The molecule has 0 N–H and O–H groups in total. The fraction of sp³-hybridized carbons (Fsp3) is 0.750. The second kappa shape index (κ2) is 6.19. The average Bonchev–Trinajstić information content (AvgIpc) is 2.48. The molecule has 3 rings (SSSR count). The maximum atomic E-state index is 5.47. The van der Waals surface area contributed by atoms with Gasteiger partial charge in [-0.3, -0.25) is 0 Å². The van der Waals surface area contributed by atoms with Gasteiger partial charge in [0.2, 0.25) is 0 Å². The standard InChI is InChI=1S/C16H27N3O/c1-14-11-15(18-5-3-17(2)4-6-18)13-16(12-14)19-7-9-20-10-8-19/h12-14H,3-11H2,1-2H3. The molecule has 2 heterocycles. The molecule has 2 saturated heterocycles. The van der Waals surface area contributed by atoms with Gasteiger partial charge in [0.1, 0.15) is 0 Å². The number of morpholine rings is 1. The van der Waals surface area contributed by atoms with Gasteiger partial charge >= 0.3 is 0 Å². The smallest absolute Gasteiger partial charge is 0.0642 e. The van der Waals surface area contributed by atoms with Crippen molar-refractivity contribution < 1.29 is 4.74 Å². The lowest BCUT2D eigenvalue weighted by Crippen LogP contribution is -2.44. The number of likely N-dealkylation sites (N-methyl/N-ethyl adjacent to an activating group) is 1. The summed E-state index contributed by atoms with van der Waals surface area (Å²) in [6.07, 6.45) is 6.05. The maximum Gasteiger partial charge on any atom is 0.0642 e. The second-order valence-electron chi connectivity index (χ2n) is 6.30. The zero-order valence-corrected chi connectivity index (χ0v) is 12.8. The molecule has 0 bridgehead atoms. The molecular formula is C16H27N3O. The Labute approximate surface area is 122 Å². The van der Waals surface area contributed by atoms with Gasteiger partial charge in [-0.2, -0.15) is 0 Å². The summed E-state index contributed by atoms with van der Waals surface area (Å²) < 4.78 is 5.47. The summed E-state index contributed by atoms with van der Waals surface area (Å²) in [5, 5.41) is 0. The van der Waals surface area contributed by atoms with Crippen LogP contribution in [-0.2, 0) is 4.74 Å². The highest BCUT2D eigenvalue weighted by Crippen LogP contribution is 2.27. The Kier molecular flexibility index (Phi) is 4.32. The van der Waals surface area contributed by atoms with Crippen molar-refractivity contribution in [2.24, 2.45) is 5.92 Å². The van der Waals surface area contributed by atoms with E-state index < -0.39 is 0 Å². The molecule has 0 aromatic heterocycles. The van der Waals surface area contributed by atoms with E-state index in [0.717, 1.165) is 26.3 Å². The first-order chi connectivity index (χ1) is 9.72. The molecule has 2 fully saturated rings. The third-order valence-electron chi connectivity index (χ3n) is 4.59. The Morgan fingerprint density at radius 1 is 1.00 bits per heavy atom. The topological polar surface area (TPSA) is 19.0 Å². The van der Waals surface area contributed by atoms with Crippen LogP contribution in [0.1, 0.15) is 13.3 Å². The predicted octanol–water partition coefficient (Wildman–Crippen LogP) is 1.37. The fourth-order valence-corrected chi connectivity index (χ4v) is 3.29. The molecule has 4 nitrogen and oxygen atoms in total. The molecular weight excluding hydrogens is 250 g/mol. The summed E-state index contributed by atoms with van der Waals surface area (Å²) in [5.74, 6) is 0.646. The largest absolute Gasteiger partial charge is 0.378 e. The van der Waals surface area contributed by atoms with Gasteiger partial charge in [-0.15, -0.1) is 0 Å². The first-order valence-electron chi connectivity index (χ1n) is 7.91. The summed E-state index contributed by atoms with van der Waals surface area (Å²) in [6, 6.07) is 0. The molecule has 2 aliphatic heterocycles. The molecule has 0 saturated carbocycles. The number of allylic oxidation sites excluding steroid dienone is 3. The molecule has 1 unspecified atom stereocenters. The van der Waals surface area contributed by atoms with Crippen molar-refractivity contribution in [3.05, 3.63) is 23.5 Å². The van der Waals surface area contributed by atoms with Crippen molar-refractivity contribution >= 4 is 0 Å². The van der Waals surface area contributed by atoms with Gasteiger partial charge in [0.05, 0.1) is 13.2 Å². The number of nitrogens with zero attached hydrogens (tertiary/aromatic N) is 3. The third kappa shape index (κ3) is 3.18. The van der Waals surface area contributed by atoms with Crippen molar-refractivity contribution in [1.82, 2.24) is 14.7 Å². The summed E-state index contributed by atoms with van der Waals surface area (Å²) >= 11 is 0. The number of ether oxygens (including phenoxy) is 1. The summed E-state index contributed by atoms with van der Waals surface area (Å²) in [4.78, 5) is 7.49. The molecule has 1 atom stereocenters. The Morgan fingerprint density at radius 3 is 2.40 bits per heavy atom. The van der Waals surface area contributed by atoms with Gasteiger partial charge < -0.3 is 19.4 Å². The minimum Gasteiger partial charge on any atom is -0.378 e. The monoisotopic (exact) mass is 277 g/mol. The predicted molar refractivity (Wildman–Crippen MR) is 81.4 cm³/mol. The van der Waals surface area contributed by atoms with Crippen LogP contribution in [0, 0.1) is 5.92 Å². The molecule has 0 aromatic rings. The molecule has 1 aliphatic carbocycles. The average molecular weight is 277 g/mol. The second-order valence-corrected chi connectivity index (χ2v) is 6.30. The van der Waals surface area contributed by atoms with E-state index in [2.05, 4.69) is 40.8 Å². The van der Waals surface area contributed by atoms with Crippen LogP contribution in [0.15, 0.2) is 23.5 Å². The van der Waals surface area contributed by atoms with E-state index >= 15 is 0 Å². The van der Waals surface area contributed by atoms with E-state index in [1.807, 2.05) is 0 Å². The first kappa shape index (κ1) is 14.0.